The van der Waals surface area contributed by atoms with Crippen molar-refractivity contribution in [2.75, 3.05) is 6.54 Å². The maximum Gasteiger partial charge on any atom is 0.222 e. The fourth-order valence-corrected chi connectivity index (χ4v) is 4.09. The number of carbonyl (C=O) groups is 1. The second kappa shape index (κ2) is 9.78. The van der Waals surface area contributed by atoms with Crippen LogP contribution in [-0.2, 0) is 17.8 Å². The van der Waals surface area contributed by atoms with Gasteiger partial charge in [0.25, 0.3) is 0 Å². The topological polar surface area (TPSA) is 46.9 Å². The highest BCUT2D eigenvalue weighted by Gasteiger charge is 2.12. The van der Waals surface area contributed by atoms with E-state index in [1.807, 2.05) is 13.8 Å². The molecule has 0 saturated heterocycles. The number of nitrogens with one attached hydrogen (secondary N) is 1. The Morgan fingerprint density at radius 2 is 1.71 bits per heavy atom. The number of hydrogen-bond donors (Lipinski definition) is 1. The normalized spacial score (nSPS) is 11.5. The molecular weight excluding hydrogens is 382 g/mol. The van der Waals surface area contributed by atoms with E-state index in [1.165, 1.54) is 21.9 Å². The molecule has 4 rings (SSSR count). The van der Waals surface area contributed by atoms with E-state index in [9.17, 15) is 4.79 Å². The predicted octanol–water partition coefficient (Wildman–Crippen LogP) is 5.72. The summed E-state index contributed by atoms with van der Waals surface area (Å²) < 4.78 is 2.37. The molecule has 0 unspecified atom stereocenters. The average Bonchev–Trinajstić information content (AvgIpc) is 3.13. The molecule has 0 bridgehead atoms. The Hall–Kier alpha value is -3.14. The van der Waals surface area contributed by atoms with Crippen molar-refractivity contribution in [3.63, 3.8) is 0 Å². The zero-order valence-electron chi connectivity index (χ0n) is 18.5. The van der Waals surface area contributed by atoms with Gasteiger partial charge in [-0.3, -0.25) is 4.79 Å². The first-order chi connectivity index (χ1) is 15.1. The molecule has 4 heteroatoms. The van der Waals surface area contributed by atoms with Gasteiger partial charge in [0.2, 0.25) is 5.91 Å². The van der Waals surface area contributed by atoms with Crippen LogP contribution in [0.5, 0.6) is 0 Å². The van der Waals surface area contributed by atoms with Gasteiger partial charge in [0.05, 0.1) is 11.0 Å². The Labute approximate surface area is 184 Å². The number of amides is 1. The van der Waals surface area contributed by atoms with Crippen molar-refractivity contribution in [1.29, 1.82) is 0 Å². The smallest absolute Gasteiger partial charge is 0.222 e. The van der Waals surface area contributed by atoms with Gasteiger partial charge in [-0.05, 0) is 41.3 Å². The molecule has 0 saturated carbocycles. The fraction of sp³-hybridized carbons (Fsp3) is 0.333. The summed E-state index contributed by atoms with van der Waals surface area (Å²) in [7, 11) is 0. The largest absolute Gasteiger partial charge is 0.356 e. The monoisotopic (exact) mass is 413 g/mol. The molecule has 0 aliphatic carbocycles. The highest BCUT2D eigenvalue weighted by atomic mass is 16.1. The predicted molar refractivity (Wildman–Crippen MR) is 128 cm³/mol. The van der Waals surface area contributed by atoms with Crippen molar-refractivity contribution >= 4 is 27.7 Å². The summed E-state index contributed by atoms with van der Waals surface area (Å²) in [6, 6.07) is 23.5. The van der Waals surface area contributed by atoms with E-state index in [0.29, 0.717) is 0 Å². The van der Waals surface area contributed by atoms with Crippen LogP contribution in [0.4, 0.5) is 0 Å². The Morgan fingerprint density at radius 1 is 0.935 bits per heavy atom. The molecule has 4 aromatic rings. The molecule has 160 valence electrons. The van der Waals surface area contributed by atoms with E-state index in [-0.39, 0.29) is 11.8 Å². The molecule has 0 aliphatic rings. The number of fused-ring (bicyclic) bond motifs is 2. The molecule has 1 heterocycles. The molecule has 4 nitrogen and oxygen atoms in total. The average molecular weight is 414 g/mol. The van der Waals surface area contributed by atoms with Crippen molar-refractivity contribution in [2.45, 2.75) is 46.1 Å². The van der Waals surface area contributed by atoms with Crippen LogP contribution in [0.25, 0.3) is 21.8 Å². The molecule has 0 spiro atoms. The van der Waals surface area contributed by atoms with Crippen LogP contribution in [0.1, 0.15) is 44.5 Å². The Kier molecular flexibility index (Phi) is 6.66. The van der Waals surface area contributed by atoms with E-state index in [0.717, 1.165) is 50.1 Å². The molecule has 1 amide bonds. The van der Waals surface area contributed by atoms with E-state index in [1.54, 1.807) is 0 Å². The minimum atomic E-state index is 0.0500. The lowest BCUT2D eigenvalue weighted by Gasteiger charge is -2.12. The first-order valence-corrected chi connectivity index (χ1v) is 11.3. The summed E-state index contributed by atoms with van der Waals surface area (Å²) in [5, 5.41) is 5.58. The SMILES string of the molecule is CC(C)C(=O)NCCCCCc1nc2ccccc2n1Cc1cccc2ccccc12. The Bertz CT molecular complexity index is 1170. The first kappa shape index (κ1) is 21.1. The summed E-state index contributed by atoms with van der Waals surface area (Å²) in [4.78, 5) is 16.6. The second-order valence-corrected chi connectivity index (χ2v) is 8.50. The van der Waals surface area contributed by atoms with Crippen molar-refractivity contribution in [2.24, 2.45) is 5.92 Å². The van der Waals surface area contributed by atoms with E-state index in [2.05, 4.69) is 76.6 Å². The number of carbonyl (C=O) groups excluding carboxylic acids is 1. The minimum absolute atomic E-state index is 0.0500. The molecule has 3 aromatic carbocycles. The third-order valence-electron chi connectivity index (χ3n) is 5.84. The van der Waals surface area contributed by atoms with Gasteiger partial charge in [-0.15, -0.1) is 0 Å². The van der Waals surface area contributed by atoms with Crippen LogP contribution in [0, 0.1) is 5.92 Å². The molecule has 0 fully saturated rings. The van der Waals surface area contributed by atoms with Gasteiger partial charge < -0.3 is 9.88 Å². The third-order valence-corrected chi connectivity index (χ3v) is 5.84. The van der Waals surface area contributed by atoms with Crippen LogP contribution in [0.15, 0.2) is 66.7 Å². The molecule has 0 aliphatic heterocycles. The number of para-hydroxylation sites is 2. The third kappa shape index (κ3) is 4.96. The molecule has 1 N–H and O–H groups in total. The molecule has 0 radical (unpaired) electrons. The summed E-state index contributed by atoms with van der Waals surface area (Å²) in [5.74, 6) is 1.33. The summed E-state index contributed by atoms with van der Waals surface area (Å²) in [5.41, 5.74) is 3.57. The van der Waals surface area contributed by atoms with Crippen molar-refractivity contribution in [3.05, 3.63) is 78.1 Å². The molecule has 1 aromatic heterocycles. The van der Waals surface area contributed by atoms with Crippen LogP contribution in [0.3, 0.4) is 0 Å². The second-order valence-electron chi connectivity index (χ2n) is 8.50. The number of nitrogens with zero attached hydrogens (tertiary/aromatic N) is 2. The van der Waals surface area contributed by atoms with Gasteiger partial charge in [-0.1, -0.05) is 74.9 Å². The summed E-state index contributed by atoms with van der Waals surface area (Å²) >= 11 is 0. The minimum Gasteiger partial charge on any atom is -0.356 e. The van der Waals surface area contributed by atoms with Gasteiger partial charge >= 0.3 is 0 Å². The maximum atomic E-state index is 11.7. The zero-order valence-corrected chi connectivity index (χ0v) is 18.5. The number of aryl methyl sites for hydroxylation is 1. The highest BCUT2D eigenvalue weighted by Crippen LogP contribution is 2.24. The molecule has 31 heavy (non-hydrogen) atoms. The van der Waals surface area contributed by atoms with Crippen LogP contribution >= 0.6 is 0 Å². The zero-order chi connectivity index (χ0) is 21.6. The van der Waals surface area contributed by atoms with Gasteiger partial charge in [0.15, 0.2) is 0 Å². The van der Waals surface area contributed by atoms with E-state index in [4.69, 9.17) is 4.98 Å². The number of hydrogen-bond acceptors (Lipinski definition) is 2. The Morgan fingerprint density at radius 3 is 2.58 bits per heavy atom. The van der Waals surface area contributed by atoms with Crippen molar-refractivity contribution in [3.8, 4) is 0 Å². The lowest BCUT2D eigenvalue weighted by atomic mass is 10.0. The first-order valence-electron chi connectivity index (χ1n) is 11.3. The van der Waals surface area contributed by atoms with Crippen LogP contribution < -0.4 is 5.32 Å². The van der Waals surface area contributed by atoms with Gasteiger partial charge in [0.1, 0.15) is 5.82 Å². The maximum absolute atomic E-state index is 11.7. The molecule has 0 atom stereocenters. The summed E-state index contributed by atoms with van der Waals surface area (Å²) in [6.45, 7) is 5.43. The van der Waals surface area contributed by atoms with Crippen molar-refractivity contribution in [1.82, 2.24) is 14.9 Å². The number of rotatable bonds is 9. The van der Waals surface area contributed by atoms with Crippen LogP contribution in [0.2, 0.25) is 0 Å². The lowest BCUT2D eigenvalue weighted by Crippen LogP contribution is -2.28. The highest BCUT2D eigenvalue weighted by molar-refractivity contribution is 5.86. The lowest BCUT2D eigenvalue weighted by molar-refractivity contribution is -0.123. The number of benzene rings is 3. The standard InChI is InChI=1S/C27H31N3O/c1-20(2)27(31)28-18-9-3-4-17-26-29-24-15-7-8-16-25(24)30(26)19-22-13-10-12-21-11-5-6-14-23(21)22/h5-8,10-16,20H,3-4,9,17-19H2,1-2H3,(H,28,31). The van der Waals surface area contributed by atoms with Gasteiger partial charge in [-0.2, -0.15) is 0 Å². The fourth-order valence-electron chi connectivity index (χ4n) is 4.09. The van der Waals surface area contributed by atoms with Crippen LogP contribution in [-0.4, -0.2) is 22.0 Å². The summed E-state index contributed by atoms with van der Waals surface area (Å²) in [6.07, 6.45) is 4.09. The Balaban J connectivity index is 1.48. The van der Waals surface area contributed by atoms with E-state index < -0.39 is 0 Å². The van der Waals surface area contributed by atoms with Gasteiger partial charge in [0, 0.05) is 25.4 Å². The molecular formula is C27H31N3O. The number of aromatic nitrogens is 2. The van der Waals surface area contributed by atoms with Crippen molar-refractivity contribution < 1.29 is 4.79 Å². The van der Waals surface area contributed by atoms with E-state index >= 15 is 0 Å². The van der Waals surface area contributed by atoms with Gasteiger partial charge in [-0.25, -0.2) is 4.98 Å². The number of imidazole rings is 1. The quantitative estimate of drug-likeness (QED) is 0.357. The number of unbranched alkanes of at least 4 members (excludes halogenated alkanes) is 2.